The van der Waals surface area contributed by atoms with Gasteiger partial charge in [0.25, 0.3) is 0 Å². The molecule has 0 radical (unpaired) electrons. The van der Waals surface area contributed by atoms with Crippen LogP contribution in [0.15, 0.2) is 60.8 Å². The van der Waals surface area contributed by atoms with E-state index in [1.54, 1.807) is 40.8 Å². The predicted molar refractivity (Wildman–Crippen MR) is 153 cm³/mol. The third-order valence-electron chi connectivity index (χ3n) is 6.30. The lowest BCUT2D eigenvalue weighted by Gasteiger charge is -2.27. The minimum atomic E-state index is -1.04. The zero-order valence-electron chi connectivity index (χ0n) is 23.6. The first-order valence-electron chi connectivity index (χ1n) is 13.3. The SMILES string of the molecule is CC(C)C(NC(=O)C(Cc1c[nH]c2ccccc12)NC(=O)OC(C)(C)C)C(=O)NC(Cc1ccccc1)C(N)=O. The number of aromatic nitrogens is 1. The molecule has 10 nitrogen and oxygen atoms in total. The van der Waals surface area contributed by atoms with E-state index in [2.05, 4.69) is 20.9 Å². The first kappa shape index (κ1) is 30.2. The van der Waals surface area contributed by atoms with Gasteiger partial charge in [-0.1, -0.05) is 62.4 Å². The van der Waals surface area contributed by atoms with Crippen molar-refractivity contribution in [1.29, 1.82) is 0 Å². The van der Waals surface area contributed by atoms with E-state index in [4.69, 9.17) is 10.5 Å². The number of hydrogen-bond acceptors (Lipinski definition) is 5. The van der Waals surface area contributed by atoms with Crippen molar-refractivity contribution in [3.8, 4) is 0 Å². The lowest BCUT2D eigenvalue weighted by atomic mass is 9.99. The summed E-state index contributed by atoms with van der Waals surface area (Å²) in [7, 11) is 0. The molecule has 214 valence electrons. The van der Waals surface area contributed by atoms with Gasteiger partial charge in [-0.3, -0.25) is 14.4 Å². The number of nitrogens with two attached hydrogens (primary N) is 1. The van der Waals surface area contributed by atoms with Gasteiger partial charge in [-0.05, 0) is 43.9 Å². The molecule has 0 saturated carbocycles. The minimum absolute atomic E-state index is 0.152. The van der Waals surface area contributed by atoms with Gasteiger partial charge in [0.1, 0.15) is 23.7 Å². The normalized spacial score (nSPS) is 13.8. The molecule has 0 fully saturated rings. The summed E-state index contributed by atoms with van der Waals surface area (Å²) in [6.45, 7) is 8.73. The molecule has 0 aliphatic heterocycles. The number of hydrogen-bond donors (Lipinski definition) is 5. The summed E-state index contributed by atoms with van der Waals surface area (Å²) >= 11 is 0. The van der Waals surface area contributed by atoms with Crippen LogP contribution in [0.5, 0.6) is 0 Å². The van der Waals surface area contributed by atoms with E-state index in [9.17, 15) is 19.2 Å². The largest absolute Gasteiger partial charge is 0.444 e. The average Bonchev–Trinajstić information content (AvgIpc) is 3.28. The van der Waals surface area contributed by atoms with Crippen LogP contribution in [-0.4, -0.2) is 52.5 Å². The van der Waals surface area contributed by atoms with Crippen LogP contribution in [0.3, 0.4) is 0 Å². The number of para-hydroxylation sites is 1. The van der Waals surface area contributed by atoms with Gasteiger partial charge in [0.2, 0.25) is 17.7 Å². The molecule has 3 rings (SSSR count). The Kier molecular flexibility index (Phi) is 9.93. The molecule has 0 bridgehead atoms. The van der Waals surface area contributed by atoms with E-state index in [1.165, 1.54) is 0 Å². The number of carbonyl (C=O) groups is 4. The molecule has 6 N–H and O–H groups in total. The van der Waals surface area contributed by atoms with Crippen molar-refractivity contribution < 1.29 is 23.9 Å². The van der Waals surface area contributed by atoms with Crippen molar-refractivity contribution >= 4 is 34.7 Å². The molecule has 1 heterocycles. The van der Waals surface area contributed by atoms with Crippen molar-refractivity contribution in [2.24, 2.45) is 11.7 Å². The molecule has 10 heteroatoms. The molecular weight excluding hydrogens is 510 g/mol. The van der Waals surface area contributed by atoms with E-state index in [-0.39, 0.29) is 18.8 Å². The second kappa shape index (κ2) is 13.1. The Bertz CT molecular complexity index is 1330. The van der Waals surface area contributed by atoms with Crippen molar-refractivity contribution in [3.05, 3.63) is 71.9 Å². The van der Waals surface area contributed by atoms with Crippen LogP contribution in [0.2, 0.25) is 0 Å². The first-order valence-corrected chi connectivity index (χ1v) is 13.3. The Morgan fingerprint density at radius 1 is 0.850 bits per heavy atom. The van der Waals surface area contributed by atoms with Gasteiger partial charge in [0, 0.05) is 29.9 Å². The van der Waals surface area contributed by atoms with E-state index < -0.39 is 47.5 Å². The Hall–Kier alpha value is -4.34. The van der Waals surface area contributed by atoms with Crippen molar-refractivity contribution in [1.82, 2.24) is 20.9 Å². The maximum absolute atomic E-state index is 13.6. The number of ether oxygens (including phenoxy) is 1. The molecule has 0 spiro atoms. The van der Waals surface area contributed by atoms with Gasteiger partial charge in [-0.25, -0.2) is 4.79 Å². The van der Waals surface area contributed by atoms with Crippen LogP contribution >= 0.6 is 0 Å². The standard InChI is InChI=1S/C30H39N5O5/c1-18(2)25(28(38)33-23(26(31)36)15-19-11-7-6-8-12-19)35-27(37)24(34-29(39)40-30(3,4)5)16-20-17-32-22-14-10-9-13-21(20)22/h6-14,17-18,23-25,32H,15-16H2,1-5H3,(H2,31,36)(H,33,38)(H,34,39)(H,35,37). The molecule has 2 aromatic carbocycles. The summed E-state index contributed by atoms with van der Waals surface area (Å²) in [5, 5.41) is 9.03. The number of nitrogens with one attached hydrogen (secondary N) is 4. The number of benzene rings is 2. The number of rotatable bonds is 11. The van der Waals surface area contributed by atoms with Crippen LogP contribution in [-0.2, 0) is 32.0 Å². The summed E-state index contributed by atoms with van der Waals surface area (Å²) in [5.74, 6) is -2.13. The molecule has 3 atom stereocenters. The molecule has 3 unspecified atom stereocenters. The molecular formula is C30H39N5O5. The number of fused-ring (bicyclic) bond motifs is 1. The van der Waals surface area contributed by atoms with Gasteiger partial charge in [0.05, 0.1) is 0 Å². The quantitative estimate of drug-likeness (QED) is 0.249. The molecule has 0 aliphatic rings. The summed E-state index contributed by atoms with van der Waals surface area (Å²) in [5.41, 5.74) is 7.35. The predicted octanol–water partition coefficient (Wildman–Crippen LogP) is 2.96. The molecule has 4 amide bonds. The first-order chi connectivity index (χ1) is 18.8. The van der Waals surface area contributed by atoms with E-state index in [0.29, 0.717) is 0 Å². The summed E-state index contributed by atoms with van der Waals surface area (Å²) in [6, 6.07) is 13.8. The number of aromatic amines is 1. The Balaban J connectivity index is 1.79. The number of amides is 4. The third-order valence-corrected chi connectivity index (χ3v) is 6.30. The minimum Gasteiger partial charge on any atom is -0.444 e. The van der Waals surface area contributed by atoms with Crippen molar-refractivity contribution in [2.75, 3.05) is 0 Å². The molecule has 3 aromatic rings. The van der Waals surface area contributed by atoms with Gasteiger partial charge in [0.15, 0.2) is 0 Å². The van der Waals surface area contributed by atoms with Gasteiger partial charge in [-0.15, -0.1) is 0 Å². The summed E-state index contributed by atoms with van der Waals surface area (Å²) < 4.78 is 5.39. The monoisotopic (exact) mass is 549 g/mol. The number of carbonyl (C=O) groups excluding carboxylic acids is 4. The highest BCUT2D eigenvalue weighted by Crippen LogP contribution is 2.20. The van der Waals surface area contributed by atoms with E-state index >= 15 is 0 Å². The van der Waals surface area contributed by atoms with Crippen LogP contribution < -0.4 is 21.7 Å². The maximum Gasteiger partial charge on any atom is 0.408 e. The van der Waals surface area contributed by atoms with Crippen molar-refractivity contribution in [3.63, 3.8) is 0 Å². The molecule has 40 heavy (non-hydrogen) atoms. The fourth-order valence-electron chi connectivity index (χ4n) is 4.30. The highest BCUT2D eigenvalue weighted by Gasteiger charge is 2.32. The fraction of sp³-hybridized carbons (Fsp3) is 0.400. The van der Waals surface area contributed by atoms with Gasteiger partial charge >= 0.3 is 6.09 Å². The van der Waals surface area contributed by atoms with Crippen LogP contribution in [0.1, 0.15) is 45.7 Å². The van der Waals surface area contributed by atoms with E-state index in [0.717, 1.165) is 22.0 Å². The Morgan fingerprint density at radius 3 is 2.12 bits per heavy atom. The zero-order valence-corrected chi connectivity index (χ0v) is 23.6. The van der Waals surface area contributed by atoms with Gasteiger partial charge in [-0.2, -0.15) is 0 Å². The number of primary amides is 1. The molecule has 1 aromatic heterocycles. The van der Waals surface area contributed by atoms with Crippen LogP contribution in [0.4, 0.5) is 4.79 Å². The van der Waals surface area contributed by atoms with Crippen LogP contribution in [0.25, 0.3) is 10.9 Å². The lowest BCUT2D eigenvalue weighted by molar-refractivity contribution is -0.133. The second-order valence-electron chi connectivity index (χ2n) is 11.1. The number of alkyl carbamates (subject to hydrolysis) is 1. The smallest absolute Gasteiger partial charge is 0.408 e. The van der Waals surface area contributed by atoms with Crippen LogP contribution in [0, 0.1) is 5.92 Å². The third kappa shape index (κ3) is 8.59. The van der Waals surface area contributed by atoms with E-state index in [1.807, 2.05) is 54.6 Å². The topological polar surface area (TPSA) is 155 Å². The zero-order chi connectivity index (χ0) is 29.4. The number of H-pyrrole nitrogens is 1. The molecule has 0 aliphatic carbocycles. The van der Waals surface area contributed by atoms with Gasteiger partial charge < -0.3 is 31.4 Å². The van der Waals surface area contributed by atoms with Crippen molar-refractivity contribution in [2.45, 2.75) is 71.2 Å². The highest BCUT2D eigenvalue weighted by molar-refractivity contribution is 5.94. The summed E-state index contributed by atoms with van der Waals surface area (Å²) in [6.07, 6.45) is 1.40. The molecule has 0 saturated heterocycles. The summed E-state index contributed by atoms with van der Waals surface area (Å²) in [4.78, 5) is 54.8. The highest BCUT2D eigenvalue weighted by atomic mass is 16.6. The maximum atomic E-state index is 13.6. The Labute approximate surface area is 234 Å². The lowest BCUT2D eigenvalue weighted by Crippen LogP contribution is -2.58. The fourth-order valence-corrected chi connectivity index (χ4v) is 4.30. The Morgan fingerprint density at radius 2 is 1.50 bits per heavy atom. The average molecular weight is 550 g/mol. The second-order valence-corrected chi connectivity index (χ2v) is 11.1.